The summed E-state index contributed by atoms with van der Waals surface area (Å²) in [5.74, 6) is -0.440. The molecule has 2 aromatic rings. The van der Waals surface area contributed by atoms with Crippen LogP contribution in [-0.4, -0.2) is 49.2 Å². The quantitative estimate of drug-likeness (QED) is 0.797. The van der Waals surface area contributed by atoms with Crippen molar-refractivity contribution in [2.24, 2.45) is 0 Å². The van der Waals surface area contributed by atoms with Gasteiger partial charge in [-0.2, -0.15) is 0 Å². The molecule has 0 spiro atoms. The average Bonchev–Trinajstić information content (AvgIpc) is 3.16. The molecule has 3 heterocycles. The SMILES string of the molecule is COC(=O)c1sc(N2CCN(c3nccs3)CC2)nc1Cl. The molecule has 0 aliphatic carbocycles. The third-order valence-corrected chi connectivity index (χ3v) is 5.50. The molecule has 2 aromatic heterocycles. The van der Waals surface area contributed by atoms with Gasteiger partial charge in [-0.1, -0.05) is 22.9 Å². The van der Waals surface area contributed by atoms with E-state index in [0.717, 1.165) is 36.4 Å². The third-order valence-electron chi connectivity index (χ3n) is 3.19. The van der Waals surface area contributed by atoms with Crippen LogP contribution in [0, 0.1) is 0 Å². The molecular weight excluding hydrogens is 332 g/mol. The Hall–Kier alpha value is -1.38. The average molecular weight is 345 g/mol. The molecule has 0 bridgehead atoms. The smallest absolute Gasteiger partial charge is 0.351 e. The largest absolute Gasteiger partial charge is 0.465 e. The number of piperazine rings is 1. The summed E-state index contributed by atoms with van der Waals surface area (Å²) in [6, 6.07) is 0. The van der Waals surface area contributed by atoms with Gasteiger partial charge in [0.25, 0.3) is 0 Å². The number of halogens is 1. The lowest BCUT2D eigenvalue weighted by atomic mass is 10.3. The van der Waals surface area contributed by atoms with Gasteiger partial charge in [0.15, 0.2) is 20.3 Å². The summed E-state index contributed by atoms with van der Waals surface area (Å²) in [5, 5.41) is 4.00. The Morgan fingerprint density at radius 1 is 1.29 bits per heavy atom. The number of anilines is 2. The lowest BCUT2D eigenvalue weighted by Crippen LogP contribution is -2.46. The maximum atomic E-state index is 11.6. The molecule has 9 heteroatoms. The summed E-state index contributed by atoms with van der Waals surface area (Å²) < 4.78 is 4.70. The second kappa shape index (κ2) is 6.17. The summed E-state index contributed by atoms with van der Waals surface area (Å²) in [6.45, 7) is 3.39. The van der Waals surface area contributed by atoms with E-state index in [4.69, 9.17) is 16.3 Å². The van der Waals surface area contributed by atoms with Crippen LogP contribution >= 0.6 is 34.3 Å². The minimum absolute atomic E-state index is 0.212. The molecule has 0 aromatic carbocycles. The maximum absolute atomic E-state index is 11.6. The minimum Gasteiger partial charge on any atom is -0.465 e. The molecule has 0 unspecified atom stereocenters. The molecule has 0 N–H and O–H groups in total. The second-order valence-corrected chi connectivity index (χ2v) is 6.61. The molecule has 1 aliphatic heterocycles. The fourth-order valence-electron chi connectivity index (χ4n) is 2.11. The highest BCUT2D eigenvalue weighted by molar-refractivity contribution is 7.18. The van der Waals surface area contributed by atoms with E-state index in [1.807, 2.05) is 11.6 Å². The topological polar surface area (TPSA) is 58.6 Å². The van der Waals surface area contributed by atoms with Gasteiger partial charge in [0, 0.05) is 37.8 Å². The van der Waals surface area contributed by atoms with Gasteiger partial charge in [0.05, 0.1) is 7.11 Å². The van der Waals surface area contributed by atoms with Gasteiger partial charge in [-0.05, 0) is 0 Å². The number of aromatic nitrogens is 2. The van der Waals surface area contributed by atoms with E-state index in [2.05, 4.69) is 19.8 Å². The van der Waals surface area contributed by atoms with Crippen molar-refractivity contribution in [3.05, 3.63) is 21.6 Å². The zero-order chi connectivity index (χ0) is 14.8. The van der Waals surface area contributed by atoms with E-state index in [1.165, 1.54) is 18.4 Å². The van der Waals surface area contributed by atoms with Gasteiger partial charge in [0.1, 0.15) is 0 Å². The number of thiazole rings is 2. The first kappa shape index (κ1) is 14.6. The molecule has 0 atom stereocenters. The monoisotopic (exact) mass is 344 g/mol. The Balaban J connectivity index is 1.68. The molecule has 112 valence electrons. The van der Waals surface area contributed by atoms with Gasteiger partial charge in [-0.25, -0.2) is 14.8 Å². The molecule has 21 heavy (non-hydrogen) atoms. The molecule has 6 nitrogen and oxygen atoms in total. The van der Waals surface area contributed by atoms with E-state index in [-0.39, 0.29) is 5.15 Å². The predicted molar refractivity (Wildman–Crippen MR) is 85.0 cm³/mol. The molecule has 3 rings (SSSR count). The Bertz CT molecular complexity index is 623. The number of nitrogens with zero attached hydrogens (tertiary/aromatic N) is 4. The highest BCUT2D eigenvalue weighted by Gasteiger charge is 2.24. The van der Waals surface area contributed by atoms with E-state index < -0.39 is 5.97 Å². The number of carbonyl (C=O) groups is 1. The van der Waals surface area contributed by atoms with Crippen molar-refractivity contribution in [1.29, 1.82) is 0 Å². The number of rotatable bonds is 3. The summed E-state index contributed by atoms with van der Waals surface area (Å²) in [7, 11) is 1.34. The highest BCUT2D eigenvalue weighted by atomic mass is 35.5. The Morgan fingerprint density at radius 3 is 2.52 bits per heavy atom. The van der Waals surface area contributed by atoms with Gasteiger partial charge in [-0.15, -0.1) is 11.3 Å². The summed E-state index contributed by atoms with van der Waals surface area (Å²) in [4.78, 5) is 24.9. The van der Waals surface area contributed by atoms with Crippen LogP contribution in [0.25, 0.3) is 0 Å². The van der Waals surface area contributed by atoms with Crippen molar-refractivity contribution in [1.82, 2.24) is 9.97 Å². The molecule has 1 saturated heterocycles. The second-order valence-electron chi connectivity index (χ2n) is 4.40. The highest BCUT2D eigenvalue weighted by Crippen LogP contribution is 2.31. The number of hydrogen-bond acceptors (Lipinski definition) is 8. The Morgan fingerprint density at radius 2 is 1.95 bits per heavy atom. The first-order chi connectivity index (χ1) is 10.2. The van der Waals surface area contributed by atoms with Crippen LogP contribution < -0.4 is 9.80 Å². The van der Waals surface area contributed by atoms with Crippen molar-refractivity contribution in [3.63, 3.8) is 0 Å². The molecule has 1 fully saturated rings. The normalized spacial score (nSPS) is 15.3. The van der Waals surface area contributed by atoms with Crippen molar-refractivity contribution >= 4 is 50.5 Å². The lowest BCUT2D eigenvalue weighted by molar-refractivity contribution is 0.0606. The molecule has 1 aliphatic rings. The van der Waals surface area contributed by atoms with Crippen LogP contribution in [0.15, 0.2) is 11.6 Å². The number of hydrogen-bond donors (Lipinski definition) is 0. The fraction of sp³-hybridized carbons (Fsp3) is 0.417. The van der Waals surface area contributed by atoms with Crippen molar-refractivity contribution in [2.45, 2.75) is 0 Å². The summed E-state index contributed by atoms with van der Waals surface area (Å²) in [6.07, 6.45) is 1.82. The van der Waals surface area contributed by atoms with Crippen LogP contribution in [0.2, 0.25) is 5.15 Å². The number of carbonyl (C=O) groups excluding carboxylic acids is 1. The van der Waals surface area contributed by atoms with Crippen molar-refractivity contribution in [3.8, 4) is 0 Å². The first-order valence-electron chi connectivity index (χ1n) is 6.33. The lowest BCUT2D eigenvalue weighted by Gasteiger charge is -2.34. The van der Waals surface area contributed by atoms with Crippen LogP contribution in [0.5, 0.6) is 0 Å². The van der Waals surface area contributed by atoms with E-state index in [1.54, 1.807) is 11.3 Å². The number of esters is 1. The minimum atomic E-state index is -0.440. The third kappa shape index (κ3) is 2.97. The summed E-state index contributed by atoms with van der Waals surface area (Å²) >= 11 is 8.92. The van der Waals surface area contributed by atoms with Crippen LogP contribution in [0.4, 0.5) is 10.3 Å². The van der Waals surface area contributed by atoms with Gasteiger partial charge in [-0.3, -0.25) is 0 Å². The zero-order valence-corrected chi connectivity index (χ0v) is 13.7. The fourth-order valence-corrected chi connectivity index (χ4v) is 4.05. The van der Waals surface area contributed by atoms with Crippen LogP contribution in [0.1, 0.15) is 9.67 Å². The van der Waals surface area contributed by atoms with Crippen LogP contribution in [0.3, 0.4) is 0 Å². The Labute approximate surface area is 134 Å². The van der Waals surface area contributed by atoms with Crippen LogP contribution in [-0.2, 0) is 4.74 Å². The first-order valence-corrected chi connectivity index (χ1v) is 8.40. The molecule has 0 amide bonds. The van der Waals surface area contributed by atoms with Gasteiger partial charge >= 0.3 is 5.97 Å². The van der Waals surface area contributed by atoms with E-state index in [9.17, 15) is 4.79 Å². The number of methoxy groups -OCH3 is 1. The Kier molecular flexibility index (Phi) is 4.27. The van der Waals surface area contributed by atoms with E-state index in [0.29, 0.717) is 4.88 Å². The predicted octanol–water partition coefficient (Wildman–Crippen LogP) is 2.37. The maximum Gasteiger partial charge on any atom is 0.351 e. The molecule has 0 radical (unpaired) electrons. The van der Waals surface area contributed by atoms with Crippen molar-refractivity contribution in [2.75, 3.05) is 43.1 Å². The molecular formula is C12H13ClN4O2S2. The van der Waals surface area contributed by atoms with E-state index >= 15 is 0 Å². The van der Waals surface area contributed by atoms with Crippen molar-refractivity contribution < 1.29 is 9.53 Å². The van der Waals surface area contributed by atoms with Gasteiger partial charge in [0.2, 0.25) is 0 Å². The number of ether oxygens (including phenoxy) is 1. The van der Waals surface area contributed by atoms with Gasteiger partial charge < -0.3 is 14.5 Å². The summed E-state index contributed by atoms with van der Waals surface area (Å²) in [5.41, 5.74) is 0. The standard InChI is InChI=1S/C12H13ClN4O2S2/c1-19-10(18)8-9(13)15-12(21-8)17-5-3-16(4-6-17)11-14-2-7-20-11/h2,7H,3-6H2,1H3. The zero-order valence-electron chi connectivity index (χ0n) is 11.3. The molecule has 0 saturated carbocycles.